The molecule has 0 aromatic heterocycles. The second-order valence-corrected chi connectivity index (χ2v) is 4.82. The SMILES string of the molecule is COCCc1ccccc1NCC(O)c1ccccc1F. The zero-order valence-corrected chi connectivity index (χ0v) is 12.1. The predicted molar refractivity (Wildman–Crippen MR) is 81.9 cm³/mol. The van der Waals surface area contributed by atoms with Gasteiger partial charge in [-0.15, -0.1) is 0 Å². The largest absolute Gasteiger partial charge is 0.386 e. The van der Waals surface area contributed by atoms with Crippen LogP contribution in [0.3, 0.4) is 0 Å². The van der Waals surface area contributed by atoms with Gasteiger partial charge in [0.25, 0.3) is 0 Å². The van der Waals surface area contributed by atoms with Crippen LogP contribution in [0.5, 0.6) is 0 Å². The molecule has 0 saturated heterocycles. The number of hydrogen-bond donors (Lipinski definition) is 2. The zero-order chi connectivity index (χ0) is 15.1. The first kappa shape index (κ1) is 15.5. The van der Waals surface area contributed by atoms with Crippen molar-refractivity contribution < 1.29 is 14.2 Å². The summed E-state index contributed by atoms with van der Waals surface area (Å²) in [6.45, 7) is 0.888. The van der Waals surface area contributed by atoms with Crippen molar-refractivity contribution in [1.29, 1.82) is 0 Å². The van der Waals surface area contributed by atoms with Crippen molar-refractivity contribution in [2.45, 2.75) is 12.5 Å². The Morgan fingerprint density at radius 3 is 2.62 bits per heavy atom. The molecule has 0 fully saturated rings. The molecule has 2 aromatic rings. The molecular weight excluding hydrogens is 269 g/mol. The van der Waals surface area contributed by atoms with Crippen LogP contribution < -0.4 is 5.32 Å². The van der Waals surface area contributed by atoms with Gasteiger partial charge >= 0.3 is 0 Å². The molecule has 0 radical (unpaired) electrons. The van der Waals surface area contributed by atoms with Gasteiger partial charge in [0.15, 0.2) is 0 Å². The molecule has 0 saturated carbocycles. The summed E-state index contributed by atoms with van der Waals surface area (Å²) in [4.78, 5) is 0. The lowest BCUT2D eigenvalue weighted by Gasteiger charge is -2.16. The molecule has 0 bridgehead atoms. The summed E-state index contributed by atoms with van der Waals surface area (Å²) in [6.07, 6.45) is -0.100. The molecule has 1 unspecified atom stereocenters. The van der Waals surface area contributed by atoms with Gasteiger partial charge in [0, 0.05) is 24.9 Å². The van der Waals surface area contributed by atoms with Crippen LogP contribution in [-0.4, -0.2) is 25.4 Å². The molecule has 2 N–H and O–H groups in total. The van der Waals surface area contributed by atoms with Gasteiger partial charge in [0.2, 0.25) is 0 Å². The number of benzene rings is 2. The number of para-hydroxylation sites is 1. The Morgan fingerprint density at radius 1 is 1.14 bits per heavy atom. The second kappa shape index (κ2) is 7.76. The number of ether oxygens (including phenoxy) is 1. The fraction of sp³-hybridized carbons (Fsp3) is 0.294. The van der Waals surface area contributed by atoms with Gasteiger partial charge in [-0.3, -0.25) is 0 Å². The predicted octanol–water partition coefficient (Wildman–Crippen LogP) is 3.16. The second-order valence-electron chi connectivity index (χ2n) is 4.82. The zero-order valence-electron chi connectivity index (χ0n) is 12.1. The lowest BCUT2D eigenvalue weighted by atomic mass is 10.1. The van der Waals surface area contributed by atoms with Gasteiger partial charge in [-0.2, -0.15) is 0 Å². The Kier molecular flexibility index (Phi) is 5.72. The first-order valence-corrected chi connectivity index (χ1v) is 6.95. The fourth-order valence-corrected chi connectivity index (χ4v) is 2.18. The Hall–Kier alpha value is -1.91. The van der Waals surface area contributed by atoms with E-state index in [9.17, 15) is 9.50 Å². The number of anilines is 1. The highest BCUT2D eigenvalue weighted by molar-refractivity contribution is 5.51. The van der Waals surface area contributed by atoms with Crippen molar-refractivity contribution in [2.24, 2.45) is 0 Å². The summed E-state index contributed by atoms with van der Waals surface area (Å²) in [6, 6.07) is 14.1. The summed E-state index contributed by atoms with van der Waals surface area (Å²) in [7, 11) is 1.66. The van der Waals surface area contributed by atoms with Crippen LogP contribution in [0.15, 0.2) is 48.5 Å². The lowest BCUT2D eigenvalue weighted by molar-refractivity contribution is 0.186. The minimum atomic E-state index is -0.887. The molecule has 4 heteroatoms. The quantitative estimate of drug-likeness (QED) is 0.822. The van der Waals surface area contributed by atoms with E-state index in [0.717, 1.165) is 17.7 Å². The van der Waals surface area contributed by atoms with Crippen molar-refractivity contribution >= 4 is 5.69 Å². The molecule has 0 aliphatic heterocycles. The number of nitrogens with one attached hydrogen (secondary N) is 1. The van der Waals surface area contributed by atoms with Crippen LogP contribution in [0.25, 0.3) is 0 Å². The maximum Gasteiger partial charge on any atom is 0.129 e. The summed E-state index contributed by atoms with van der Waals surface area (Å²) in [5, 5.41) is 13.3. The van der Waals surface area contributed by atoms with E-state index in [-0.39, 0.29) is 12.4 Å². The molecule has 112 valence electrons. The molecule has 2 rings (SSSR count). The van der Waals surface area contributed by atoms with Crippen LogP contribution in [0.1, 0.15) is 17.2 Å². The maximum absolute atomic E-state index is 13.6. The van der Waals surface area contributed by atoms with Gasteiger partial charge in [-0.1, -0.05) is 36.4 Å². The number of halogens is 1. The topological polar surface area (TPSA) is 41.5 Å². The van der Waals surface area contributed by atoms with Crippen molar-refractivity contribution in [3.63, 3.8) is 0 Å². The summed E-state index contributed by atoms with van der Waals surface area (Å²) >= 11 is 0. The van der Waals surface area contributed by atoms with Gasteiger partial charge < -0.3 is 15.2 Å². The number of hydrogen-bond acceptors (Lipinski definition) is 3. The van der Waals surface area contributed by atoms with E-state index in [1.165, 1.54) is 6.07 Å². The Labute approximate surface area is 124 Å². The third kappa shape index (κ3) is 4.28. The monoisotopic (exact) mass is 289 g/mol. The smallest absolute Gasteiger partial charge is 0.129 e. The Morgan fingerprint density at radius 2 is 1.86 bits per heavy atom. The van der Waals surface area contributed by atoms with Gasteiger partial charge in [-0.05, 0) is 24.1 Å². The van der Waals surface area contributed by atoms with Crippen molar-refractivity contribution in [3.05, 3.63) is 65.5 Å². The molecule has 0 amide bonds. The first-order chi connectivity index (χ1) is 10.2. The number of rotatable bonds is 7. The van der Waals surface area contributed by atoms with Crippen LogP contribution in [0.2, 0.25) is 0 Å². The summed E-state index contributed by atoms with van der Waals surface area (Å²) < 4.78 is 18.7. The number of methoxy groups -OCH3 is 1. The third-order valence-corrected chi connectivity index (χ3v) is 3.34. The van der Waals surface area contributed by atoms with Crippen molar-refractivity contribution in [3.8, 4) is 0 Å². The van der Waals surface area contributed by atoms with E-state index in [1.807, 2.05) is 24.3 Å². The Balaban J connectivity index is 2.01. The standard InChI is InChI=1S/C17H20FNO2/c1-21-11-10-13-6-2-5-9-16(13)19-12-17(20)14-7-3-4-8-15(14)18/h2-9,17,19-20H,10-12H2,1H3. The fourth-order valence-electron chi connectivity index (χ4n) is 2.18. The van der Waals surface area contributed by atoms with E-state index in [2.05, 4.69) is 5.32 Å². The number of aliphatic hydroxyl groups excluding tert-OH is 1. The highest BCUT2D eigenvalue weighted by Gasteiger charge is 2.12. The van der Waals surface area contributed by atoms with Crippen molar-refractivity contribution in [2.75, 3.05) is 25.6 Å². The van der Waals surface area contributed by atoms with Crippen LogP contribution in [0, 0.1) is 5.82 Å². The van der Waals surface area contributed by atoms with E-state index in [1.54, 1.807) is 25.3 Å². The normalized spacial score (nSPS) is 12.1. The third-order valence-electron chi connectivity index (χ3n) is 3.34. The van der Waals surface area contributed by atoms with E-state index >= 15 is 0 Å². The van der Waals surface area contributed by atoms with Gasteiger partial charge in [-0.25, -0.2) is 4.39 Å². The molecule has 0 spiro atoms. The molecule has 2 aromatic carbocycles. The highest BCUT2D eigenvalue weighted by atomic mass is 19.1. The Bertz CT molecular complexity index is 574. The van der Waals surface area contributed by atoms with Gasteiger partial charge in [0.05, 0.1) is 12.7 Å². The molecule has 0 aliphatic carbocycles. The van der Waals surface area contributed by atoms with Crippen LogP contribution in [-0.2, 0) is 11.2 Å². The molecule has 0 aliphatic rings. The molecule has 21 heavy (non-hydrogen) atoms. The molecular formula is C17H20FNO2. The van der Waals surface area contributed by atoms with Gasteiger partial charge in [0.1, 0.15) is 5.82 Å². The maximum atomic E-state index is 13.6. The van der Waals surface area contributed by atoms with E-state index in [0.29, 0.717) is 12.2 Å². The van der Waals surface area contributed by atoms with E-state index < -0.39 is 6.10 Å². The van der Waals surface area contributed by atoms with Crippen LogP contribution in [0.4, 0.5) is 10.1 Å². The first-order valence-electron chi connectivity index (χ1n) is 6.95. The molecule has 3 nitrogen and oxygen atoms in total. The minimum absolute atomic E-state index is 0.255. The van der Waals surface area contributed by atoms with Crippen molar-refractivity contribution in [1.82, 2.24) is 0 Å². The molecule has 1 atom stereocenters. The minimum Gasteiger partial charge on any atom is -0.386 e. The van der Waals surface area contributed by atoms with Crippen LogP contribution >= 0.6 is 0 Å². The average Bonchev–Trinajstić information content (AvgIpc) is 2.52. The van der Waals surface area contributed by atoms with E-state index in [4.69, 9.17) is 4.74 Å². The lowest BCUT2D eigenvalue weighted by Crippen LogP contribution is -2.14. The number of aliphatic hydroxyl groups is 1. The summed E-state index contributed by atoms with van der Waals surface area (Å²) in [5.41, 5.74) is 2.35. The average molecular weight is 289 g/mol. The highest BCUT2D eigenvalue weighted by Crippen LogP contribution is 2.20. The molecule has 0 heterocycles. The summed E-state index contributed by atoms with van der Waals surface area (Å²) in [5.74, 6) is -0.389.